The van der Waals surface area contributed by atoms with Gasteiger partial charge < -0.3 is 14.9 Å². The van der Waals surface area contributed by atoms with Crippen LogP contribution in [0.2, 0.25) is 0 Å². The van der Waals surface area contributed by atoms with Crippen LogP contribution in [0.1, 0.15) is 31.2 Å². The number of hydrogen-bond donors (Lipinski definition) is 1. The number of rotatable bonds is 6. The van der Waals surface area contributed by atoms with E-state index >= 15 is 0 Å². The SMILES string of the molecule is N#Cc1ccccc1N1CCCN(CCCCCO)CC1. The standard InChI is InChI=1S/C17H25N3O/c18-15-16-7-2-3-8-17(16)20-11-6-10-19(12-13-20)9-4-1-5-14-21/h2-3,7-8,21H,1,4-6,9-14H2. The predicted molar refractivity (Wildman–Crippen MR) is 85.4 cm³/mol. The third kappa shape index (κ3) is 4.73. The molecule has 1 aromatic carbocycles. The summed E-state index contributed by atoms with van der Waals surface area (Å²) in [7, 11) is 0. The van der Waals surface area contributed by atoms with E-state index in [0.717, 1.165) is 69.7 Å². The topological polar surface area (TPSA) is 50.5 Å². The molecule has 21 heavy (non-hydrogen) atoms. The minimum Gasteiger partial charge on any atom is -0.396 e. The molecule has 0 aliphatic carbocycles. The second-order valence-corrected chi connectivity index (χ2v) is 5.60. The third-order valence-corrected chi connectivity index (χ3v) is 4.09. The minimum atomic E-state index is 0.304. The van der Waals surface area contributed by atoms with Crippen LogP contribution >= 0.6 is 0 Å². The number of para-hydroxylation sites is 1. The summed E-state index contributed by atoms with van der Waals surface area (Å²) in [5, 5.41) is 18.0. The Balaban J connectivity index is 1.87. The van der Waals surface area contributed by atoms with Gasteiger partial charge in [-0.15, -0.1) is 0 Å². The molecule has 1 aliphatic heterocycles. The predicted octanol–water partition coefficient (Wildman–Crippen LogP) is 2.23. The highest BCUT2D eigenvalue weighted by molar-refractivity contribution is 5.59. The first-order chi connectivity index (χ1) is 10.3. The zero-order valence-corrected chi connectivity index (χ0v) is 12.7. The maximum absolute atomic E-state index is 9.23. The van der Waals surface area contributed by atoms with Crippen molar-refractivity contribution in [1.29, 1.82) is 5.26 Å². The molecule has 2 rings (SSSR count). The first-order valence-electron chi connectivity index (χ1n) is 7.92. The highest BCUT2D eigenvalue weighted by Gasteiger charge is 2.16. The Labute approximate surface area is 127 Å². The van der Waals surface area contributed by atoms with Gasteiger partial charge in [0.25, 0.3) is 0 Å². The largest absolute Gasteiger partial charge is 0.396 e. The van der Waals surface area contributed by atoms with Crippen LogP contribution in [0, 0.1) is 11.3 Å². The third-order valence-electron chi connectivity index (χ3n) is 4.09. The number of hydrogen-bond acceptors (Lipinski definition) is 4. The quantitative estimate of drug-likeness (QED) is 0.815. The smallest absolute Gasteiger partial charge is 0.101 e. The fourth-order valence-electron chi connectivity index (χ4n) is 2.90. The summed E-state index contributed by atoms with van der Waals surface area (Å²) in [6.45, 7) is 5.61. The van der Waals surface area contributed by atoms with Crippen LogP contribution in [-0.4, -0.2) is 49.3 Å². The van der Waals surface area contributed by atoms with Gasteiger partial charge in [0.05, 0.1) is 11.3 Å². The van der Waals surface area contributed by atoms with Gasteiger partial charge in [0.15, 0.2) is 0 Å². The van der Waals surface area contributed by atoms with E-state index in [4.69, 9.17) is 5.11 Å². The molecule has 1 heterocycles. The fourth-order valence-corrected chi connectivity index (χ4v) is 2.90. The van der Waals surface area contributed by atoms with Crippen LogP contribution < -0.4 is 4.90 Å². The molecular formula is C17H25N3O. The Morgan fingerprint density at radius 2 is 1.90 bits per heavy atom. The van der Waals surface area contributed by atoms with Gasteiger partial charge >= 0.3 is 0 Å². The molecule has 1 fully saturated rings. The van der Waals surface area contributed by atoms with E-state index < -0.39 is 0 Å². The summed E-state index contributed by atoms with van der Waals surface area (Å²) in [4.78, 5) is 4.85. The summed E-state index contributed by atoms with van der Waals surface area (Å²) in [6.07, 6.45) is 4.32. The van der Waals surface area contributed by atoms with Crippen LogP contribution in [0.5, 0.6) is 0 Å². The van der Waals surface area contributed by atoms with Crippen molar-refractivity contribution < 1.29 is 5.11 Å². The maximum atomic E-state index is 9.23. The molecule has 0 atom stereocenters. The summed E-state index contributed by atoms with van der Waals surface area (Å²) >= 11 is 0. The molecular weight excluding hydrogens is 262 g/mol. The van der Waals surface area contributed by atoms with Crippen LogP contribution in [0.4, 0.5) is 5.69 Å². The summed E-state index contributed by atoms with van der Waals surface area (Å²) in [6, 6.07) is 10.2. The Hall–Kier alpha value is -1.57. The van der Waals surface area contributed by atoms with Crippen molar-refractivity contribution in [3.8, 4) is 6.07 Å². The van der Waals surface area contributed by atoms with E-state index in [2.05, 4.69) is 21.9 Å². The average molecular weight is 287 g/mol. The normalized spacial score (nSPS) is 16.5. The van der Waals surface area contributed by atoms with Crippen molar-refractivity contribution in [2.24, 2.45) is 0 Å². The molecule has 1 saturated heterocycles. The molecule has 1 aliphatic rings. The second-order valence-electron chi connectivity index (χ2n) is 5.60. The van der Waals surface area contributed by atoms with Crippen molar-refractivity contribution in [3.05, 3.63) is 29.8 Å². The monoisotopic (exact) mass is 287 g/mol. The number of aliphatic hydroxyl groups excluding tert-OH is 1. The lowest BCUT2D eigenvalue weighted by molar-refractivity contribution is 0.262. The number of unbranched alkanes of at least 4 members (excludes halogenated alkanes) is 2. The summed E-state index contributed by atoms with van der Waals surface area (Å²) < 4.78 is 0. The van der Waals surface area contributed by atoms with Crippen LogP contribution in [0.15, 0.2) is 24.3 Å². The second kappa shape index (κ2) is 8.66. The number of nitriles is 1. The molecule has 1 aromatic rings. The highest BCUT2D eigenvalue weighted by Crippen LogP contribution is 2.21. The Bertz CT molecular complexity index is 469. The fraction of sp³-hybridized carbons (Fsp3) is 0.588. The van der Waals surface area contributed by atoms with Gasteiger partial charge in [-0.1, -0.05) is 12.1 Å². The lowest BCUT2D eigenvalue weighted by Crippen LogP contribution is -2.31. The van der Waals surface area contributed by atoms with Gasteiger partial charge in [0.1, 0.15) is 6.07 Å². The van der Waals surface area contributed by atoms with Gasteiger partial charge in [-0.2, -0.15) is 5.26 Å². The molecule has 0 saturated carbocycles. The van der Waals surface area contributed by atoms with Gasteiger partial charge in [-0.05, 0) is 50.9 Å². The van der Waals surface area contributed by atoms with Crippen LogP contribution in [-0.2, 0) is 0 Å². The zero-order chi connectivity index (χ0) is 14.9. The highest BCUT2D eigenvalue weighted by atomic mass is 16.2. The maximum Gasteiger partial charge on any atom is 0.101 e. The molecule has 0 spiro atoms. The van der Waals surface area contributed by atoms with Crippen molar-refractivity contribution >= 4 is 5.69 Å². The molecule has 0 radical (unpaired) electrons. The number of anilines is 1. The Morgan fingerprint density at radius 3 is 2.71 bits per heavy atom. The van der Waals surface area contributed by atoms with Gasteiger partial charge in [-0.25, -0.2) is 0 Å². The lowest BCUT2D eigenvalue weighted by atomic mass is 10.1. The van der Waals surface area contributed by atoms with Crippen molar-refractivity contribution in [3.63, 3.8) is 0 Å². The Morgan fingerprint density at radius 1 is 1.05 bits per heavy atom. The molecule has 4 nitrogen and oxygen atoms in total. The van der Waals surface area contributed by atoms with Crippen molar-refractivity contribution in [2.45, 2.75) is 25.7 Å². The van der Waals surface area contributed by atoms with Crippen molar-refractivity contribution in [2.75, 3.05) is 44.2 Å². The molecule has 1 N–H and O–H groups in total. The van der Waals surface area contributed by atoms with E-state index in [9.17, 15) is 5.26 Å². The van der Waals surface area contributed by atoms with Gasteiger partial charge in [0, 0.05) is 26.2 Å². The molecule has 114 valence electrons. The van der Waals surface area contributed by atoms with Crippen molar-refractivity contribution in [1.82, 2.24) is 4.90 Å². The average Bonchev–Trinajstić information content (AvgIpc) is 2.77. The van der Waals surface area contributed by atoms with Gasteiger partial charge in [-0.3, -0.25) is 0 Å². The van der Waals surface area contributed by atoms with Crippen LogP contribution in [0.3, 0.4) is 0 Å². The van der Waals surface area contributed by atoms with E-state index in [1.165, 1.54) is 0 Å². The zero-order valence-electron chi connectivity index (χ0n) is 12.7. The lowest BCUT2D eigenvalue weighted by Gasteiger charge is -2.24. The molecule has 0 bridgehead atoms. The molecule has 4 heteroatoms. The minimum absolute atomic E-state index is 0.304. The number of aliphatic hydroxyl groups is 1. The molecule has 0 unspecified atom stereocenters. The van der Waals surface area contributed by atoms with Crippen LogP contribution in [0.25, 0.3) is 0 Å². The van der Waals surface area contributed by atoms with Gasteiger partial charge in [0.2, 0.25) is 0 Å². The molecule has 0 aromatic heterocycles. The number of nitrogens with zero attached hydrogens (tertiary/aromatic N) is 3. The van der Waals surface area contributed by atoms with E-state index in [1.54, 1.807) is 0 Å². The molecule has 0 amide bonds. The Kier molecular flexibility index (Phi) is 6.52. The number of benzene rings is 1. The summed E-state index contributed by atoms with van der Waals surface area (Å²) in [5.74, 6) is 0. The van der Waals surface area contributed by atoms with E-state index in [-0.39, 0.29) is 0 Å². The van der Waals surface area contributed by atoms with E-state index in [1.807, 2.05) is 18.2 Å². The first-order valence-corrected chi connectivity index (χ1v) is 7.92. The first kappa shape index (κ1) is 15.8. The van der Waals surface area contributed by atoms with E-state index in [0.29, 0.717) is 6.61 Å². The summed E-state index contributed by atoms with van der Waals surface area (Å²) in [5.41, 5.74) is 1.84.